The fourth-order valence-corrected chi connectivity index (χ4v) is 3.21. The van der Waals surface area contributed by atoms with Crippen molar-refractivity contribution in [3.05, 3.63) is 29.7 Å². The number of hydrogen-bond donors (Lipinski definition) is 1. The summed E-state index contributed by atoms with van der Waals surface area (Å²) in [6.45, 7) is 9.11. The molecule has 1 saturated heterocycles. The van der Waals surface area contributed by atoms with Crippen molar-refractivity contribution in [2.24, 2.45) is 4.99 Å². The molecular formula is C17H27N5O. The Kier molecular flexibility index (Phi) is 5.00. The number of rotatable bonds is 4. The van der Waals surface area contributed by atoms with E-state index in [1.54, 1.807) is 0 Å². The minimum absolute atomic E-state index is 0.389. The van der Waals surface area contributed by atoms with E-state index in [9.17, 15) is 0 Å². The van der Waals surface area contributed by atoms with Gasteiger partial charge in [0, 0.05) is 45.3 Å². The Morgan fingerprint density at radius 2 is 2.22 bits per heavy atom. The highest BCUT2D eigenvalue weighted by molar-refractivity contribution is 5.80. The summed E-state index contributed by atoms with van der Waals surface area (Å²) in [7, 11) is 1.84. The molecule has 0 amide bonds. The monoisotopic (exact) mass is 317 g/mol. The molecule has 2 aliphatic rings. The van der Waals surface area contributed by atoms with Crippen molar-refractivity contribution < 1.29 is 4.52 Å². The van der Waals surface area contributed by atoms with Gasteiger partial charge in [0.2, 0.25) is 0 Å². The Bertz CT molecular complexity index is 569. The van der Waals surface area contributed by atoms with Crippen LogP contribution in [0.4, 0.5) is 0 Å². The number of hydrogen-bond acceptors (Lipinski definition) is 4. The number of nitrogens with zero attached hydrogens (tertiary/aromatic N) is 4. The van der Waals surface area contributed by atoms with Gasteiger partial charge in [0.1, 0.15) is 0 Å². The molecule has 126 valence electrons. The summed E-state index contributed by atoms with van der Waals surface area (Å²) in [5, 5.41) is 7.50. The van der Waals surface area contributed by atoms with Gasteiger partial charge in [-0.05, 0) is 12.3 Å². The lowest BCUT2D eigenvalue weighted by Gasteiger charge is -2.25. The quantitative estimate of drug-likeness (QED) is 0.521. The van der Waals surface area contributed by atoms with Crippen LogP contribution in [-0.4, -0.2) is 60.2 Å². The Morgan fingerprint density at radius 1 is 1.43 bits per heavy atom. The van der Waals surface area contributed by atoms with Crippen LogP contribution in [0.2, 0.25) is 0 Å². The first-order valence-electron chi connectivity index (χ1n) is 8.47. The van der Waals surface area contributed by atoms with E-state index in [4.69, 9.17) is 4.52 Å². The molecule has 3 heterocycles. The second kappa shape index (κ2) is 7.17. The lowest BCUT2D eigenvalue weighted by Crippen LogP contribution is -2.42. The van der Waals surface area contributed by atoms with Gasteiger partial charge in [-0.3, -0.25) is 9.89 Å². The van der Waals surface area contributed by atoms with Crippen LogP contribution in [0.1, 0.15) is 37.6 Å². The highest BCUT2D eigenvalue weighted by Crippen LogP contribution is 2.18. The van der Waals surface area contributed by atoms with Crippen LogP contribution in [0.5, 0.6) is 0 Å². The maximum atomic E-state index is 5.38. The third-order valence-corrected chi connectivity index (χ3v) is 4.63. The highest BCUT2D eigenvalue weighted by Gasteiger charge is 2.29. The Labute approximate surface area is 138 Å². The SMILES string of the molecule is CN=C(NCc1cc(C(C)C)no1)N1CCC(N2CC=CC2)C1. The molecule has 0 aliphatic carbocycles. The van der Waals surface area contributed by atoms with Crippen LogP contribution in [-0.2, 0) is 6.54 Å². The Hall–Kier alpha value is -1.82. The zero-order valence-corrected chi connectivity index (χ0v) is 14.3. The largest absolute Gasteiger partial charge is 0.359 e. The fraction of sp³-hybridized carbons (Fsp3) is 0.647. The second-order valence-electron chi connectivity index (χ2n) is 6.59. The summed E-state index contributed by atoms with van der Waals surface area (Å²) in [6.07, 6.45) is 5.71. The van der Waals surface area contributed by atoms with Crippen LogP contribution in [0.15, 0.2) is 27.7 Å². The summed E-state index contributed by atoms with van der Waals surface area (Å²) < 4.78 is 5.38. The van der Waals surface area contributed by atoms with Crippen LogP contribution in [0.3, 0.4) is 0 Å². The average molecular weight is 317 g/mol. The summed E-state index contributed by atoms with van der Waals surface area (Å²) in [6, 6.07) is 2.65. The number of aliphatic imine (C=N–C) groups is 1. The third kappa shape index (κ3) is 3.75. The number of likely N-dealkylation sites (tertiary alicyclic amines) is 1. The molecule has 3 rings (SSSR count). The summed E-state index contributed by atoms with van der Waals surface area (Å²) in [5.41, 5.74) is 1.000. The normalized spacial score (nSPS) is 22.5. The number of nitrogens with one attached hydrogen (secondary N) is 1. The van der Waals surface area contributed by atoms with Gasteiger partial charge in [-0.2, -0.15) is 0 Å². The van der Waals surface area contributed by atoms with Crippen molar-refractivity contribution in [2.75, 3.05) is 33.2 Å². The molecule has 1 aromatic heterocycles. The molecule has 1 unspecified atom stereocenters. The minimum atomic E-state index is 0.389. The molecule has 6 nitrogen and oxygen atoms in total. The molecule has 0 aromatic carbocycles. The fourth-order valence-electron chi connectivity index (χ4n) is 3.21. The van der Waals surface area contributed by atoms with Crippen molar-refractivity contribution in [3.8, 4) is 0 Å². The summed E-state index contributed by atoms with van der Waals surface area (Å²) in [5.74, 6) is 2.19. The van der Waals surface area contributed by atoms with E-state index in [1.165, 1.54) is 6.42 Å². The maximum Gasteiger partial charge on any atom is 0.194 e. The summed E-state index contributed by atoms with van der Waals surface area (Å²) in [4.78, 5) is 9.29. The molecule has 1 aromatic rings. The maximum absolute atomic E-state index is 5.38. The molecule has 0 bridgehead atoms. The van der Waals surface area contributed by atoms with Crippen molar-refractivity contribution in [3.63, 3.8) is 0 Å². The van der Waals surface area contributed by atoms with Crippen LogP contribution >= 0.6 is 0 Å². The van der Waals surface area contributed by atoms with Crippen LogP contribution < -0.4 is 5.32 Å². The minimum Gasteiger partial charge on any atom is -0.359 e. The number of guanidine groups is 1. The molecule has 6 heteroatoms. The molecular weight excluding hydrogens is 290 g/mol. The van der Waals surface area contributed by atoms with Crippen molar-refractivity contribution >= 4 is 5.96 Å². The molecule has 1 fully saturated rings. The first-order valence-corrected chi connectivity index (χ1v) is 8.47. The van der Waals surface area contributed by atoms with E-state index in [0.29, 0.717) is 18.5 Å². The van der Waals surface area contributed by atoms with Gasteiger partial charge in [-0.25, -0.2) is 0 Å². The molecule has 0 radical (unpaired) electrons. The van der Waals surface area contributed by atoms with Gasteiger partial charge in [0.25, 0.3) is 0 Å². The Morgan fingerprint density at radius 3 is 2.87 bits per heavy atom. The van der Waals surface area contributed by atoms with Gasteiger partial charge in [0.15, 0.2) is 11.7 Å². The van der Waals surface area contributed by atoms with Gasteiger partial charge >= 0.3 is 0 Å². The van der Waals surface area contributed by atoms with E-state index < -0.39 is 0 Å². The summed E-state index contributed by atoms with van der Waals surface area (Å²) >= 11 is 0. The molecule has 23 heavy (non-hydrogen) atoms. The van der Waals surface area contributed by atoms with E-state index in [2.05, 4.69) is 51.3 Å². The van der Waals surface area contributed by atoms with Crippen LogP contribution in [0, 0.1) is 0 Å². The van der Waals surface area contributed by atoms with Gasteiger partial charge in [0.05, 0.1) is 12.2 Å². The standard InChI is InChI=1S/C17H27N5O/c1-13(2)16-10-15(23-20-16)11-19-17(18-3)22-9-6-14(12-22)21-7-4-5-8-21/h4-5,10,13-14H,6-9,11-12H2,1-3H3,(H,18,19). The smallest absolute Gasteiger partial charge is 0.194 e. The zero-order valence-electron chi connectivity index (χ0n) is 14.3. The van der Waals surface area contributed by atoms with E-state index in [0.717, 1.165) is 43.6 Å². The van der Waals surface area contributed by atoms with Gasteiger partial charge in [-0.15, -0.1) is 0 Å². The zero-order chi connectivity index (χ0) is 16.2. The molecule has 0 saturated carbocycles. The third-order valence-electron chi connectivity index (χ3n) is 4.63. The average Bonchev–Trinajstić information content (AvgIpc) is 3.29. The predicted octanol–water partition coefficient (Wildman–Crippen LogP) is 1.82. The number of aromatic nitrogens is 1. The molecule has 1 atom stereocenters. The van der Waals surface area contributed by atoms with E-state index >= 15 is 0 Å². The van der Waals surface area contributed by atoms with Gasteiger partial charge < -0.3 is 14.7 Å². The van der Waals surface area contributed by atoms with Crippen molar-refractivity contribution in [1.82, 2.24) is 20.3 Å². The second-order valence-corrected chi connectivity index (χ2v) is 6.59. The first-order chi connectivity index (χ1) is 11.2. The lowest BCUT2D eigenvalue weighted by atomic mass is 10.1. The van der Waals surface area contributed by atoms with Crippen LogP contribution in [0.25, 0.3) is 0 Å². The predicted molar refractivity (Wildman–Crippen MR) is 91.5 cm³/mol. The molecule has 0 spiro atoms. The van der Waals surface area contributed by atoms with E-state index in [1.807, 2.05) is 13.1 Å². The van der Waals surface area contributed by atoms with Crippen molar-refractivity contribution in [2.45, 2.75) is 38.8 Å². The van der Waals surface area contributed by atoms with E-state index in [-0.39, 0.29) is 0 Å². The first kappa shape index (κ1) is 16.1. The Balaban J connectivity index is 1.52. The van der Waals surface area contributed by atoms with Gasteiger partial charge in [-0.1, -0.05) is 31.2 Å². The van der Waals surface area contributed by atoms with Crippen molar-refractivity contribution in [1.29, 1.82) is 0 Å². The topological polar surface area (TPSA) is 56.9 Å². The highest BCUT2D eigenvalue weighted by atomic mass is 16.5. The molecule has 2 aliphatic heterocycles. The molecule has 1 N–H and O–H groups in total. The lowest BCUT2D eigenvalue weighted by molar-refractivity contribution is 0.259.